The molecule has 2 saturated heterocycles. The summed E-state index contributed by atoms with van der Waals surface area (Å²) in [6.07, 6.45) is 4.17. The Bertz CT molecular complexity index is 1070. The Morgan fingerprint density at radius 1 is 1.03 bits per heavy atom. The maximum Gasteiger partial charge on any atom is 0.268 e. The molecule has 0 unspecified atom stereocenters. The van der Waals surface area contributed by atoms with Crippen molar-refractivity contribution in [3.63, 3.8) is 0 Å². The van der Waals surface area contributed by atoms with Crippen molar-refractivity contribution < 1.29 is 9.59 Å². The van der Waals surface area contributed by atoms with Crippen LogP contribution in [0.25, 0.3) is 0 Å². The summed E-state index contributed by atoms with van der Waals surface area (Å²) in [6.45, 7) is 9.18. The van der Waals surface area contributed by atoms with Gasteiger partial charge in [-0.3, -0.25) is 19.3 Å². The summed E-state index contributed by atoms with van der Waals surface area (Å²) in [6, 6.07) is 9.42. The predicted octanol–water partition coefficient (Wildman–Crippen LogP) is 1.96. The zero-order valence-corrected chi connectivity index (χ0v) is 20.8. The molecule has 9 nitrogen and oxygen atoms in total. The first-order valence-electron chi connectivity index (χ1n) is 12.6. The van der Waals surface area contributed by atoms with E-state index in [0.29, 0.717) is 39.3 Å². The average Bonchev–Trinajstić information content (AvgIpc) is 2.87. The van der Waals surface area contributed by atoms with E-state index in [4.69, 9.17) is 0 Å². The highest BCUT2D eigenvalue weighted by Gasteiger charge is 2.31. The molecule has 0 spiro atoms. The van der Waals surface area contributed by atoms with Crippen LogP contribution in [0.15, 0.2) is 41.3 Å². The molecule has 2 aliphatic heterocycles. The number of carbonyl (C=O) groups excluding carboxylic acids is 2. The summed E-state index contributed by atoms with van der Waals surface area (Å²) >= 11 is 0. The fourth-order valence-electron chi connectivity index (χ4n) is 4.79. The Kier molecular flexibility index (Phi) is 8.17. The molecule has 2 aliphatic rings. The summed E-state index contributed by atoms with van der Waals surface area (Å²) in [7, 11) is 0. The molecule has 0 atom stereocenters. The molecule has 1 N–H and O–H groups in total. The molecule has 3 heterocycles. The van der Waals surface area contributed by atoms with Crippen LogP contribution in [0.1, 0.15) is 31.7 Å². The SMILES string of the molecule is CCCn1ncc(N2CCC(C(=O)N3CCN(CC(=O)Nc4ccc(C)cc4)CC3)CC2)cc1=O. The van der Waals surface area contributed by atoms with E-state index in [1.54, 1.807) is 12.3 Å². The maximum absolute atomic E-state index is 13.1. The lowest BCUT2D eigenvalue weighted by atomic mass is 9.94. The molecule has 1 aromatic heterocycles. The smallest absolute Gasteiger partial charge is 0.268 e. The second-order valence-electron chi connectivity index (χ2n) is 9.55. The van der Waals surface area contributed by atoms with Crippen LogP contribution in [0.3, 0.4) is 0 Å². The molecule has 0 bridgehead atoms. The monoisotopic (exact) mass is 480 g/mol. The summed E-state index contributed by atoms with van der Waals surface area (Å²) in [5, 5.41) is 7.22. The van der Waals surface area contributed by atoms with E-state index in [1.807, 2.05) is 43.0 Å². The largest absolute Gasteiger partial charge is 0.370 e. The Labute approximate surface area is 206 Å². The van der Waals surface area contributed by atoms with Crippen molar-refractivity contribution in [3.05, 3.63) is 52.4 Å². The fraction of sp³-hybridized carbons (Fsp3) is 0.538. The van der Waals surface area contributed by atoms with Crippen molar-refractivity contribution in [2.24, 2.45) is 5.92 Å². The van der Waals surface area contributed by atoms with Crippen LogP contribution in [0.2, 0.25) is 0 Å². The normalized spacial score (nSPS) is 17.4. The summed E-state index contributed by atoms with van der Waals surface area (Å²) < 4.78 is 1.49. The number of aryl methyl sites for hydroxylation is 2. The highest BCUT2D eigenvalue weighted by molar-refractivity contribution is 5.92. The van der Waals surface area contributed by atoms with Gasteiger partial charge in [-0.1, -0.05) is 24.6 Å². The molecule has 9 heteroatoms. The average molecular weight is 481 g/mol. The quantitative estimate of drug-likeness (QED) is 0.652. The number of aromatic nitrogens is 2. The molecule has 35 heavy (non-hydrogen) atoms. The van der Waals surface area contributed by atoms with Gasteiger partial charge < -0.3 is 15.1 Å². The van der Waals surface area contributed by atoms with E-state index >= 15 is 0 Å². The summed E-state index contributed by atoms with van der Waals surface area (Å²) in [4.78, 5) is 43.9. The number of benzene rings is 1. The first kappa shape index (κ1) is 24.9. The van der Waals surface area contributed by atoms with Crippen molar-refractivity contribution >= 4 is 23.2 Å². The molecule has 0 radical (unpaired) electrons. The number of amides is 2. The molecule has 1 aromatic carbocycles. The Morgan fingerprint density at radius 3 is 2.34 bits per heavy atom. The van der Waals surface area contributed by atoms with E-state index in [2.05, 4.69) is 20.2 Å². The number of piperidine rings is 1. The van der Waals surface area contributed by atoms with Crippen LogP contribution in [0.4, 0.5) is 11.4 Å². The van der Waals surface area contributed by atoms with Gasteiger partial charge in [0.05, 0.1) is 18.4 Å². The number of hydrogen-bond donors (Lipinski definition) is 1. The van der Waals surface area contributed by atoms with Gasteiger partial charge in [-0.05, 0) is 38.3 Å². The number of anilines is 2. The van der Waals surface area contributed by atoms with Gasteiger partial charge in [0, 0.05) is 63.5 Å². The highest BCUT2D eigenvalue weighted by atomic mass is 16.2. The van der Waals surface area contributed by atoms with Gasteiger partial charge in [-0.15, -0.1) is 0 Å². The van der Waals surface area contributed by atoms with Gasteiger partial charge in [0.2, 0.25) is 11.8 Å². The van der Waals surface area contributed by atoms with Crippen LogP contribution in [-0.4, -0.2) is 77.2 Å². The number of nitrogens with zero attached hydrogens (tertiary/aromatic N) is 5. The minimum Gasteiger partial charge on any atom is -0.370 e. The highest BCUT2D eigenvalue weighted by Crippen LogP contribution is 2.24. The van der Waals surface area contributed by atoms with Crippen LogP contribution in [0, 0.1) is 12.8 Å². The van der Waals surface area contributed by atoms with Gasteiger partial charge in [0.25, 0.3) is 5.56 Å². The maximum atomic E-state index is 13.1. The molecular formula is C26H36N6O3. The van der Waals surface area contributed by atoms with Crippen molar-refractivity contribution in [2.45, 2.75) is 39.7 Å². The van der Waals surface area contributed by atoms with Gasteiger partial charge in [-0.2, -0.15) is 5.10 Å². The van der Waals surface area contributed by atoms with Crippen molar-refractivity contribution in [3.8, 4) is 0 Å². The first-order chi connectivity index (χ1) is 16.9. The summed E-state index contributed by atoms with van der Waals surface area (Å²) in [5.41, 5.74) is 2.72. The number of nitrogens with one attached hydrogen (secondary N) is 1. The zero-order chi connectivity index (χ0) is 24.8. The molecule has 0 saturated carbocycles. The van der Waals surface area contributed by atoms with Crippen molar-refractivity contribution in [1.82, 2.24) is 19.6 Å². The lowest BCUT2D eigenvalue weighted by Crippen LogP contribution is -2.52. The lowest BCUT2D eigenvalue weighted by Gasteiger charge is -2.38. The second-order valence-corrected chi connectivity index (χ2v) is 9.55. The minimum atomic E-state index is -0.0760. The molecule has 2 aromatic rings. The number of piperazine rings is 1. The van der Waals surface area contributed by atoms with Crippen LogP contribution in [0.5, 0.6) is 0 Å². The van der Waals surface area contributed by atoms with Crippen LogP contribution < -0.4 is 15.8 Å². The molecular weight excluding hydrogens is 444 g/mol. The molecule has 4 rings (SSSR count). The van der Waals surface area contributed by atoms with E-state index in [9.17, 15) is 14.4 Å². The van der Waals surface area contributed by atoms with Gasteiger partial charge in [0.15, 0.2) is 0 Å². The Hall–Kier alpha value is -3.20. The van der Waals surface area contributed by atoms with Gasteiger partial charge >= 0.3 is 0 Å². The zero-order valence-electron chi connectivity index (χ0n) is 20.8. The molecule has 0 aliphatic carbocycles. The third-order valence-electron chi connectivity index (χ3n) is 6.89. The van der Waals surface area contributed by atoms with Crippen molar-refractivity contribution in [2.75, 3.05) is 56.0 Å². The fourth-order valence-corrected chi connectivity index (χ4v) is 4.79. The molecule has 188 valence electrons. The van der Waals surface area contributed by atoms with E-state index in [-0.39, 0.29) is 23.3 Å². The third kappa shape index (κ3) is 6.48. The predicted molar refractivity (Wildman–Crippen MR) is 137 cm³/mol. The second kappa shape index (κ2) is 11.5. The number of carbonyl (C=O) groups is 2. The molecule has 2 amide bonds. The van der Waals surface area contributed by atoms with Gasteiger partial charge in [-0.25, -0.2) is 4.68 Å². The Morgan fingerprint density at radius 2 is 1.71 bits per heavy atom. The summed E-state index contributed by atoms with van der Waals surface area (Å²) in [5.74, 6) is 0.193. The van der Waals surface area contributed by atoms with Gasteiger partial charge in [0.1, 0.15) is 0 Å². The first-order valence-corrected chi connectivity index (χ1v) is 12.6. The van der Waals surface area contributed by atoms with Crippen LogP contribution in [-0.2, 0) is 16.1 Å². The minimum absolute atomic E-state index is 0.0102. The standard InChI is InChI=1S/C26H36N6O3/c1-3-10-32-25(34)17-23(18-27-32)30-11-8-21(9-12-30)26(35)31-15-13-29(14-16-31)19-24(33)28-22-6-4-20(2)5-7-22/h4-7,17-18,21H,3,8-16,19H2,1-2H3,(H,28,33). The topological polar surface area (TPSA) is 90.8 Å². The van der Waals surface area contributed by atoms with Crippen molar-refractivity contribution in [1.29, 1.82) is 0 Å². The lowest BCUT2D eigenvalue weighted by molar-refractivity contribution is -0.138. The van der Waals surface area contributed by atoms with E-state index in [1.165, 1.54) is 4.68 Å². The Balaban J connectivity index is 1.20. The number of hydrogen-bond acceptors (Lipinski definition) is 6. The van der Waals surface area contributed by atoms with E-state index in [0.717, 1.165) is 49.3 Å². The van der Waals surface area contributed by atoms with Crippen LogP contribution >= 0.6 is 0 Å². The third-order valence-corrected chi connectivity index (χ3v) is 6.89. The number of rotatable bonds is 7. The van der Waals surface area contributed by atoms with E-state index < -0.39 is 0 Å². The molecule has 2 fully saturated rings.